The van der Waals surface area contributed by atoms with E-state index in [1.54, 1.807) is 21.3 Å². The number of rotatable bonds is 5. The highest BCUT2D eigenvalue weighted by Crippen LogP contribution is 2.38. The highest BCUT2D eigenvalue weighted by Gasteiger charge is 2.13. The van der Waals surface area contributed by atoms with Crippen LogP contribution in [-0.4, -0.2) is 31.5 Å². The molecule has 0 radical (unpaired) electrons. The molecular weight excluding hydrogens is 244 g/mol. The van der Waals surface area contributed by atoms with E-state index in [0.717, 1.165) is 17.0 Å². The molecule has 1 N–H and O–H groups in total. The lowest BCUT2D eigenvalue weighted by atomic mass is 10.1. The van der Waals surface area contributed by atoms with E-state index < -0.39 is 0 Å². The van der Waals surface area contributed by atoms with Crippen LogP contribution in [0.1, 0.15) is 17.0 Å². The molecule has 2 aromatic rings. The minimum absolute atomic E-state index is 0.604. The second-order valence-corrected chi connectivity index (χ2v) is 4.25. The molecule has 0 bridgehead atoms. The van der Waals surface area contributed by atoms with Crippen molar-refractivity contribution in [2.45, 2.75) is 13.3 Å². The highest BCUT2D eigenvalue weighted by atomic mass is 16.5. The zero-order chi connectivity index (χ0) is 13.8. The number of hydrogen-bond donors (Lipinski definition) is 1. The summed E-state index contributed by atoms with van der Waals surface area (Å²) in [6.07, 6.45) is 0.709. The van der Waals surface area contributed by atoms with Crippen LogP contribution >= 0.6 is 0 Å². The van der Waals surface area contributed by atoms with E-state index in [0.29, 0.717) is 23.7 Å². The Morgan fingerprint density at radius 1 is 1.00 bits per heavy atom. The Hall–Kier alpha value is -2.17. The van der Waals surface area contributed by atoms with Crippen molar-refractivity contribution in [3.05, 3.63) is 35.2 Å². The van der Waals surface area contributed by atoms with Crippen LogP contribution in [0.4, 0.5) is 0 Å². The highest BCUT2D eigenvalue weighted by molar-refractivity contribution is 5.54. The Balaban J connectivity index is 2.35. The zero-order valence-electron chi connectivity index (χ0n) is 11.6. The molecule has 19 heavy (non-hydrogen) atoms. The van der Waals surface area contributed by atoms with Crippen LogP contribution in [0.15, 0.2) is 18.2 Å². The second kappa shape index (κ2) is 5.65. The summed E-state index contributed by atoms with van der Waals surface area (Å²) in [5, 5.41) is 7.16. The quantitative estimate of drug-likeness (QED) is 0.898. The van der Waals surface area contributed by atoms with Gasteiger partial charge < -0.3 is 14.2 Å². The van der Waals surface area contributed by atoms with Crippen LogP contribution in [-0.2, 0) is 6.42 Å². The third-order valence-corrected chi connectivity index (χ3v) is 2.87. The van der Waals surface area contributed by atoms with E-state index in [1.807, 2.05) is 25.1 Å². The normalized spacial score (nSPS) is 10.3. The summed E-state index contributed by atoms with van der Waals surface area (Å²) in [6.45, 7) is 1.98. The number of aromatic amines is 1. The van der Waals surface area contributed by atoms with Crippen molar-refractivity contribution in [1.82, 2.24) is 10.2 Å². The van der Waals surface area contributed by atoms with Crippen LogP contribution < -0.4 is 14.2 Å². The van der Waals surface area contributed by atoms with Gasteiger partial charge in [0, 0.05) is 12.1 Å². The lowest BCUT2D eigenvalue weighted by molar-refractivity contribution is 0.324. The minimum Gasteiger partial charge on any atom is -0.493 e. The number of ether oxygens (including phenoxy) is 3. The van der Waals surface area contributed by atoms with Gasteiger partial charge in [0.1, 0.15) is 0 Å². The molecule has 102 valence electrons. The van der Waals surface area contributed by atoms with Gasteiger partial charge in [-0.15, -0.1) is 0 Å². The van der Waals surface area contributed by atoms with Crippen molar-refractivity contribution in [3.63, 3.8) is 0 Å². The van der Waals surface area contributed by atoms with Gasteiger partial charge in [-0.1, -0.05) is 0 Å². The Labute approximate surface area is 112 Å². The van der Waals surface area contributed by atoms with E-state index in [1.165, 1.54) is 0 Å². The number of benzene rings is 1. The topological polar surface area (TPSA) is 56.4 Å². The average molecular weight is 262 g/mol. The Morgan fingerprint density at radius 2 is 1.63 bits per heavy atom. The Morgan fingerprint density at radius 3 is 2.05 bits per heavy atom. The smallest absolute Gasteiger partial charge is 0.203 e. The molecular formula is C14H18N2O3. The van der Waals surface area contributed by atoms with Gasteiger partial charge in [0.05, 0.1) is 27.0 Å². The molecule has 1 aromatic carbocycles. The summed E-state index contributed by atoms with van der Waals surface area (Å²) in [7, 11) is 4.82. The largest absolute Gasteiger partial charge is 0.493 e. The van der Waals surface area contributed by atoms with E-state index in [9.17, 15) is 0 Å². The molecule has 2 rings (SSSR count). The van der Waals surface area contributed by atoms with Gasteiger partial charge in [0.15, 0.2) is 11.5 Å². The number of nitrogens with zero attached hydrogens (tertiary/aromatic N) is 1. The summed E-state index contributed by atoms with van der Waals surface area (Å²) in [6, 6.07) is 5.89. The molecule has 0 saturated carbocycles. The van der Waals surface area contributed by atoms with Crippen molar-refractivity contribution < 1.29 is 14.2 Å². The van der Waals surface area contributed by atoms with Crippen molar-refractivity contribution in [1.29, 1.82) is 0 Å². The fourth-order valence-electron chi connectivity index (χ4n) is 2.01. The van der Waals surface area contributed by atoms with Gasteiger partial charge in [-0.3, -0.25) is 5.10 Å². The molecule has 0 fully saturated rings. The van der Waals surface area contributed by atoms with E-state index in [4.69, 9.17) is 14.2 Å². The SMILES string of the molecule is COc1cc(Cc2cc(C)[nH]n2)cc(OC)c1OC. The fraction of sp³-hybridized carbons (Fsp3) is 0.357. The Kier molecular flexibility index (Phi) is 3.94. The first kappa shape index (κ1) is 13.3. The van der Waals surface area contributed by atoms with Crippen LogP contribution in [0.25, 0.3) is 0 Å². The number of H-pyrrole nitrogens is 1. The maximum absolute atomic E-state index is 5.33. The van der Waals surface area contributed by atoms with Crippen molar-refractivity contribution in [2.75, 3.05) is 21.3 Å². The molecule has 0 aliphatic carbocycles. The van der Waals surface area contributed by atoms with E-state index in [2.05, 4.69) is 10.2 Å². The van der Waals surface area contributed by atoms with Gasteiger partial charge in [-0.2, -0.15) is 5.10 Å². The molecule has 1 heterocycles. The molecule has 0 spiro atoms. The third kappa shape index (κ3) is 2.81. The predicted octanol–water partition coefficient (Wildman–Crippen LogP) is 2.33. The second-order valence-electron chi connectivity index (χ2n) is 4.25. The number of hydrogen-bond acceptors (Lipinski definition) is 4. The van der Waals surface area contributed by atoms with Gasteiger partial charge in [0.2, 0.25) is 5.75 Å². The van der Waals surface area contributed by atoms with Crippen LogP contribution in [0, 0.1) is 6.92 Å². The van der Waals surface area contributed by atoms with Gasteiger partial charge in [-0.05, 0) is 30.7 Å². The lowest BCUT2D eigenvalue weighted by Crippen LogP contribution is -1.98. The number of nitrogens with one attached hydrogen (secondary N) is 1. The van der Waals surface area contributed by atoms with Crippen molar-refractivity contribution in [2.24, 2.45) is 0 Å². The number of methoxy groups -OCH3 is 3. The van der Waals surface area contributed by atoms with Gasteiger partial charge in [0.25, 0.3) is 0 Å². The summed E-state index contributed by atoms with van der Waals surface area (Å²) in [5.41, 5.74) is 3.08. The first-order chi connectivity index (χ1) is 9.17. The predicted molar refractivity (Wildman–Crippen MR) is 72.2 cm³/mol. The maximum atomic E-state index is 5.33. The number of aromatic nitrogens is 2. The fourth-order valence-corrected chi connectivity index (χ4v) is 2.01. The van der Waals surface area contributed by atoms with E-state index in [-0.39, 0.29) is 0 Å². The molecule has 5 nitrogen and oxygen atoms in total. The standard InChI is InChI=1S/C14H18N2O3/c1-9-5-11(16-15-9)6-10-7-12(17-2)14(19-4)13(8-10)18-3/h5,7-8H,6H2,1-4H3,(H,15,16). The molecule has 0 unspecified atom stereocenters. The van der Waals surface area contributed by atoms with Crippen molar-refractivity contribution in [3.8, 4) is 17.2 Å². The minimum atomic E-state index is 0.604. The van der Waals surface area contributed by atoms with Crippen molar-refractivity contribution >= 4 is 0 Å². The maximum Gasteiger partial charge on any atom is 0.203 e. The van der Waals surface area contributed by atoms with E-state index >= 15 is 0 Å². The number of aryl methyl sites for hydroxylation is 1. The molecule has 0 saturated heterocycles. The monoisotopic (exact) mass is 262 g/mol. The van der Waals surface area contributed by atoms with Gasteiger partial charge in [-0.25, -0.2) is 0 Å². The summed E-state index contributed by atoms with van der Waals surface area (Å²) < 4.78 is 16.0. The Bertz CT molecular complexity index is 539. The van der Waals surface area contributed by atoms with Crippen LogP contribution in [0.3, 0.4) is 0 Å². The first-order valence-electron chi connectivity index (χ1n) is 5.97. The molecule has 0 aliphatic rings. The molecule has 1 aromatic heterocycles. The zero-order valence-corrected chi connectivity index (χ0v) is 11.6. The molecule has 0 amide bonds. The summed E-state index contributed by atoms with van der Waals surface area (Å²) >= 11 is 0. The molecule has 0 atom stereocenters. The molecule has 0 aliphatic heterocycles. The first-order valence-corrected chi connectivity index (χ1v) is 5.97. The van der Waals surface area contributed by atoms with Crippen LogP contribution in [0.5, 0.6) is 17.2 Å². The van der Waals surface area contributed by atoms with Gasteiger partial charge >= 0.3 is 0 Å². The van der Waals surface area contributed by atoms with Crippen LogP contribution in [0.2, 0.25) is 0 Å². The lowest BCUT2D eigenvalue weighted by Gasteiger charge is -2.13. The molecule has 5 heteroatoms. The average Bonchev–Trinajstić information content (AvgIpc) is 2.82. The summed E-state index contributed by atoms with van der Waals surface area (Å²) in [4.78, 5) is 0. The summed E-state index contributed by atoms with van der Waals surface area (Å²) in [5.74, 6) is 1.92. The third-order valence-electron chi connectivity index (χ3n) is 2.87.